The lowest BCUT2D eigenvalue weighted by molar-refractivity contribution is -0.297. The molecule has 1 amide bonds. The van der Waals surface area contributed by atoms with Gasteiger partial charge in [0.15, 0.2) is 0 Å². The number of rotatable bonds is 2. The van der Waals surface area contributed by atoms with Crippen LogP contribution in [-0.2, 0) is 0 Å². The standard InChI is InChI=1S/C13H14F3N3O2/c1-8(2)10-6-12(21,13(14,15)16)19(18-10)11(20)9-4-3-5-17-7-9/h3-5,7-8,21H,6H2,1-2H3/t12-/m0/s1. The molecule has 0 radical (unpaired) electrons. The second kappa shape index (κ2) is 5.10. The van der Waals surface area contributed by atoms with Gasteiger partial charge in [0.25, 0.3) is 11.6 Å². The van der Waals surface area contributed by atoms with E-state index in [1.54, 1.807) is 13.8 Å². The van der Waals surface area contributed by atoms with Gasteiger partial charge in [-0.1, -0.05) is 13.8 Å². The average Bonchev–Trinajstić information content (AvgIpc) is 2.78. The van der Waals surface area contributed by atoms with E-state index in [-0.39, 0.29) is 22.2 Å². The SMILES string of the molecule is CC(C)C1=NN(C(=O)c2cccnc2)[C@@](O)(C(F)(F)F)C1. The first-order valence-corrected chi connectivity index (χ1v) is 6.28. The van der Waals surface area contributed by atoms with Gasteiger partial charge in [-0.25, -0.2) is 0 Å². The average molecular weight is 301 g/mol. The van der Waals surface area contributed by atoms with Gasteiger partial charge in [0.2, 0.25) is 0 Å². The molecule has 1 aromatic rings. The second-order valence-electron chi connectivity index (χ2n) is 5.10. The molecular weight excluding hydrogens is 287 g/mol. The van der Waals surface area contributed by atoms with Gasteiger partial charge in [0.05, 0.1) is 5.56 Å². The zero-order chi connectivity index (χ0) is 15.8. The number of hydrogen-bond acceptors (Lipinski definition) is 4. The lowest BCUT2D eigenvalue weighted by Gasteiger charge is -2.32. The Hall–Kier alpha value is -1.96. The van der Waals surface area contributed by atoms with Gasteiger partial charge in [-0.3, -0.25) is 9.78 Å². The number of aromatic nitrogens is 1. The zero-order valence-corrected chi connectivity index (χ0v) is 11.4. The third kappa shape index (κ3) is 2.63. The fourth-order valence-electron chi connectivity index (χ4n) is 1.94. The first kappa shape index (κ1) is 15.4. The number of carbonyl (C=O) groups is 1. The number of pyridine rings is 1. The molecule has 0 aromatic carbocycles. The third-order valence-corrected chi connectivity index (χ3v) is 3.23. The number of amides is 1. The summed E-state index contributed by atoms with van der Waals surface area (Å²) in [4.78, 5) is 15.9. The Bertz CT molecular complexity index is 572. The van der Waals surface area contributed by atoms with Crippen LogP contribution in [0.25, 0.3) is 0 Å². The van der Waals surface area contributed by atoms with Crippen molar-refractivity contribution >= 4 is 11.6 Å². The van der Waals surface area contributed by atoms with Gasteiger partial charge in [-0.15, -0.1) is 0 Å². The van der Waals surface area contributed by atoms with E-state index in [0.29, 0.717) is 0 Å². The molecule has 1 N–H and O–H groups in total. The topological polar surface area (TPSA) is 65.8 Å². The van der Waals surface area contributed by atoms with Crippen LogP contribution in [0.1, 0.15) is 30.6 Å². The van der Waals surface area contributed by atoms with E-state index in [0.717, 1.165) is 6.20 Å². The smallest absolute Gasteiger partial charge is 0.362 e. The molecule has 8 heteroatoms. The minimum Gasteiger partial charge on any atom is -0.362 e. The fourth-order valence-corrected chi connectivity index (χ4v) is 1.94. The van der Waals surface area contributed by atoms with Gasteiger partial charge in [-0.2, -0.15) is 23.3 Å². The van der Waals surface area contributed by atoms with Crippen molar-refractivity contribution in [3.05, 3.63) is 30.1 Å². The van der Waals surface area contributed by atoms with Crippen molar-refractivity contribution in [2.45, 2.75) is 32.2 Å². The lowest BCUT2D eigenvalue weighted by Crippen LogP contribution is -2.56. The van der Waals surface area contributed by atoms with Crippen LogP contribution in [0.2, 0.25) is 0 Å². The molecule has 0 fully saturated rings. The summed E-state index contributed by atoms with van der Waals surface area (Å²) in [6.07, 6.45) is -3.24. The summed E-state index contributed by atoms with van der Waals surface area (Å²) in [6.45, 7) is 3.29. The number of hydrazone groups is 1. The lowest BCUT2D eigenvalue weighted by atomic mass is 9.99. The van der Waals surface area contributed by atoms with Crippen molar-refractivity contribution in [3.8, 4) is 0 Å². The highest BCUT2D eigenvalue weighted by Gasteiger charge is 2.63. The summed E-state index contributed by atoms with van der Waals surface area (Å²) in [5.41, 5.74) is -3.28. The summed E-state index contributed by atoms with van der Waals surface area (Å²) < 4.78 is 39.5. The van der Waals surface area contributed by atoms with Crippen LogP contribution in [0.4, 0.5) is 13.2 Å². The van der Waals surface area contributed by atoms with Crippen LogP contribution in [-0.4, -0.2) is 38.6 Å². The molecular formula is C13H14F3N3O2. The van der Waals surface area contributed by atoms with Gasteiger partial charge in [0, 0.05) is 24.5 Å². The Balaban J connectivity index is 2.44. The van der Waals surface area contributed by atoms with Gasteiger partial charge >= 0.3 is 6.18 Å². The van der Waals surface area contributed by atoms with Crippen LogP contribution in [0, 0.1) is 5.92 Å². The van der Waals surface area contributed by atoms with Crippen LogP contribution < -0.4 is 0 Å². The van der Waals surface area contributed by atoms with Crippen molar-refractivity contribution < 1.29 is 23.1 Å². The quantitative estimate of drug-likeness (QED) is 0.910. The second-order valence-corrected chi connectivity index (χ2v) is 5.10. The summed E-state index contributed by atoms with van der Waals surface area (Å²) in [5.74, 6) is -1.36. The molecule has 1 aromatic heterocycles. The number of aliphatic hydroxyl groups is 1. The molecule has 0 saturated carbocycles. The van der Waals surface area contributed by atoms with Crippen molar-refractivity contribution in [1.82, 2.24) is 9.99 Å². The van der Waals surface area contributed by atoms with Gasteiger partial charge < -0.3 is 5.11 Å². The molecule has 0 bridgehead atoms. The predicted octanol–water partition coefficient (Wildman–Crippen LogP) is 2.19. The van der Waals surface area contributed by atoms with Crippen molar-refractivity contribution in [1.29, 1.82) is 0 Å². The van der Waals surface area contributed by atoms with Crippen LogP contribution >= 0.6 is 0 Å². The van der Waals surface area contributed by atoms with Crippen molar-refractivity contribution in [2.75, 3.05) is 0 Å². The summed E-state index contributed by atoms with van der Waals surface area (Å²) >= 11 is 0. The molecule has 2 rings (SSSR count). The summed E-state index contributed by atoms with van der Waals surface area (Å²) in [5, 5.41) is 13.8. The molecule has 0 spiro atoms. The highest BCUT2D eigenvalue weighted by atomic mass is 19.4. The Morgan fingerprint density at radius 2 is 2.14 bits per heavy atom. The van der Waals surface area contributed by atoms with E-state index in [2.05, 4.69) is 10.1 Å². The van der Waals surface area contributed by atoms with Crippen LogP contribution in [0.3, 0.4) is 0 Å². The van der Waals surface area contributed by atoms with E-state index >= 15 is 0 Å². The monoisotopic (exact) mass is 301 g/mol. The van der Waals surface area contributed by atoms with Gasteiger partial charge in [-0.05, 0) is 18.1 Å². The Morgan fingerprint density at radius 3 is 2.62 bits per heavy atom. The molecule has 0 aliphatic carbocycles. The van der Waals surface area contributed by atoms with E-state index in [1.165, 1.54) is 18.3 Å². The minimum atomic E-state index is -5.01. The van der Waals surface area contributed by atoms with Gasteiger partial charge in [0.1, 0.15) is 0 Å². The van der Waals surface area contributed by atoms with E-state index in [9.17, 15) is 23.1 Å². The molecule has 1 atom stereocenters. The molecule has 0 unspecified atom stereocenters. The number of nitrogens with zero attached hydrogens (tertiary/aromatic N) is 3. The molecule has 0 saturated heterocycles. The van der Waals surface area contributed by atoms with Crippen molar-refractivity contribution in [3.63, 3.8) is 0 Å². The first-order valence-electron chi connectivity index (χ1n) is 6.28. The maximum atomic E-state index is 13.2. The molecule has 5 nitrogen and oxygen atoms in total. The minimum absolute atomic E-state index is 0.0751. The highest BCUT2D eigenvalue weighted by Crippen LogP contribution is 2.41. The molecule has 1 aliphatic heterocycles. The number of hydrogen-bond donors (Lipinski definition) is 1. The highest BCUT2D eigenvalue weighted by molar-refractivity contribution is 5.98. The largest absolute Gasteiger partial charge is 0.438 e. The Labute approximate surface area is 119 Å². The summed E-state index contributed by atoms with van der Waals surface area (Å²) in [7, 11) is 0. The first-order chi connectivity index (χ1) is 9.67. The molecule has 114 valence electrons. The number of carbonyl (C=O) groups excluding carboxylic acids is 1. The zero-order valence-electron chi connectivity index (χ0n) is 11.4. The molecule has 2 heterocycles. The maximum Gasteiger partial charge on any atom is 0.438 e. The molecule has 21 heavy (non-hydrogen) atoms. The van der Waals surface area contributed by atoms with E-state index in [1.807, 2.05) is 0 Å². The van der Waals surface area contributed by atoms with Crippen LogP contribution in [0.5, 0.6) is 0 Å². The van der Waals surface area contributed by atoms with Crippen LogP contribution in [0.15, 0.2) is 29.6 Å². The third-order valence-electron chi connectivity index (χ3n) is 3.23. The number of halogens is 3. The maximum absolute atomic E-state index is 13.2. The van der Waals surface area contributed by atoms with E-state index < -0.39 is 24.2 Å². The normalized spacial score (nSPS) is 22.6. The molecule has 1 aliphatic rings. The fraction of sp³-hybridized carbons (Fsp3) is 0.462. The predicted molar refractivity (Wildman–Crippen MR) is 68.3 cm³/mol. The number of alkyl halides is 3. The van der Waals surface area contributed by atoms with Crippen molar-refractivity contribution in [2.24, 2.45) is 11.0 Å². The van der Waals surface area contributed by atoms with E-state index in [4.69, 9.17) is 0 Å². The Kier molecular flexibility index (Phi) is 3.75. The Morgan fingerprint density at radius 1 is 1.48 bits per heavy atom. The summed E-state index contributed by atoms with van der Waals surface area (Å²) in [6, 6.07) is 2.73.